The number of rotatable bonds is 9. The molecule has 0 N–H and O–H groups in total. The number of carbonyl (C=O) groups is 2. The van der Waals surface area contributed by atoms with Gasteiger partial charge in [0.15, 0.2) is 13.2 Å². The number of ether oxygens (including phenoxy) is 2. The third-order valence-corrected chi connectivity index (χ3v) is 5.58. The average molecular weight is 453 g/mol. The number of benzene rings is 2. The second kappa shape index (κ2) is 10.3. The summed E-state index contributed by atoms with van der Waals surface area (Å²) in [5, 5.41) is 10.3. The number of nitriles is 1. The van der Waals surface area contributed by atoms with Crippen molar-refractivity contribution in [2.24, 2.45) is 0 Å². The number of para-hydroxylation sites is 1. The molecule has 0 saturated carbocycles. The van der Waals surface area contributed by atoms with E-state index in [1.807, 2.05) is 55.7 Å². The first kappa shape index (κ1) is 23.4. The van der Waals surface area contributed by atoms with E-state index in [2.05, 4.69) is 6.07 Å². The zero-order valence-electron chi connectivity index (χ0n) is 18.4. The molecular weight excluding hydrogens is 428 g/mol. The molecule has 3 aromatic rings. The zero-order valence-corrected chi connectivity index (χ0v) is 19.1. The van der Waals surface area contributed by atoms with Gasteiger partial charge >= 0.3 is 5.97 Å². The number of aryl methyl sites for hydroxylation is 2. The number of halogens is 1. The SMILES string of the molecule is Cc1cc(OCC(=O)OCC(=O)c2cn(CCC#N)c3ccccc23)c(C(C)C)cc1Cl. The number of fused-ring (bicyclic) bond motifs is 1. The van der Waals surface area contributed by atoms with Crippen LogP contribution in [0.5, 0.6) is 5.75 Å². The van der Waals surface area contributed by atoms with E-state index < -0.39 is 5.97 Å². The lowest BCUT2D eigenvalue weighted by Crippen LogP contribution is -2.20. The summed E-state index contributed by atoms with van der Waals surface area (Å²) in [6.45, 7) is 5.68. The topological polar surface area (TPSA) is 81.3 Å². The van der Waals surface area contributed by atoms with Crippen molar-refractivity contribution in [3.8, 4) is 11.8 Å². The summed E-state index contributed by atoms with van der Waals surface area (Å²) in [4.78, 5) is 25.0. The number of hydrogen-bond acceptors (Lipinski definition) is 5. The number of aromatic nitrogens is 1. The zero-order chi connectivity index (χ0) is 23.3. The van der Waals surface area contributed by atoms with Crippen molar-refractivity contribution in [3.05, 3.63) is 64.3 Å². The van der Waals surface area contributed by atoms with Crippen molar-refractivity contribution < 1.29 is 19.1 Å². The van der Waals surface area contributed by atoms with Gasteiger partial charge in [-0.15, -0.1) is 0 Å². The molecule has 32 heavy (non-hydrogen) atoms. The van der Waals surface area contributed by atoms with E-state index in [1.54, 1.807) is 12.3 Å². The van der Waals surface area contributed by atoms with Crippen LogP contribution < -0.4 is 4.74 Å². The average Bonchev–Trinajstić information content (AvgIpc) is 3.15. The lowest BCUT2D eigenvalue weighted by atomic mass is 10.0. The standard InChI is InChI=1S/C25H25ClN2O4/c1-16(2)19-12-21(26)17(3)11-24(19)31-15-25(30)32-14-23(29)20-13-28(10-6-9-27)22-8-5-4-7-18(20)22/h4-5,7-8,11-13,16H,6,10,14-15H2,1-3H3. The normalized spacial score (nSPS) is 10.9. The molecule has 1 heterocycles. The fourth-order valence-corrected chi connectivity index (χ4v) is 3.65. The highest BCUT2D eigenvalue weighted by molar-refractivity contribution is 6.31. The number of Topliss-reactive ketones (excluding diaryl/α,β-unsaturated/α-hetero) is 1. The van der Waals surface area contributed by atoms with E-state index in [0.717, 1.165) is 22.0 Å². The summed E-state index contributed by atoms with van der Waals surface area (Å²) in [6, 6.07) is 13.2. The van der Waals surface area contributed by atoms with Crippen LogP contribution in [-0.4, -0.2) is 29.5 Å². The molecule has 6 nitrogen and oxygen atoms in total. The van der Waals surface area contributed by atoms with Crippen LogP contribution in [0.2, 0.25) is 5.02 Å². The Morgan fingerprint density at radius 2 is 1.94 bits per heavy atom. The highest BCUT2D eigenvalue weighted by Gasteiger charge is 2.18. The van der Waals surface area contributed by atoms with E-state index in [-0.39, 0.29) is 24.9 Å². The maximum atomic E-state index is 12.7. The van der Waals surface area contributed by atoms with Crippen LogP contribution in [0.1, 0.15) is 47.7 Å². The molecule has 0 aliphatic rings. The molecule has 3 rings (SSSR count). The van der Waals surface area contributed by atoms with Gasteiger partial charge in [-0.3, -0.25) is 4.79 Å². The maximum Gasteiger partial charge on any atom is 0.344 e. The Labute approximate surface area is 192 Å². The Bertz CT molecular complexity index is 1190. The predicted molar refractivity (Wildman–Crippen MR) is 123 cm³/mol. The second-order valence-corrected chi connectivity index (χ2v) is 8.24. The number of ketones is 1. The molecule has 0 spiro atoms. The molecule has 2 aromatic carbocycles. The highest BCUT2D eigenvalue weighted by Crippen LogP contribution is 2.32. The minimum atomic E-state index is -0.631. The van der Waals surface area contributed by atoms with Gasteiger partial charge in [-0.1, -0.05) is 43.6 Å². The third-order valence-electron chi connectivity index (χ3n) is 5.18. The Kier molecular flexibility index (Phi) is 7.55. The lowest BCUT2D eigenvalue weighted by Gasteiger charge is -2.15. The first-order valence-electron chi connectivity index (χ1n) is 10.4. The molecule has 7 heteroatoms. The molecule has 1 aromatic heterocycles. The van der Waals surface area contributed by atoms with Crippen LogP contribution in [-0.2, 0) is 16.1 Å². The van der Waals surface area contributed by atoms with E-state index in [9.17, 15) is 9.59 Å². The highest BCUT2D eigenvalue weighted by atomic mass is 35.5. The molecule has 0 saturated heterocycles. The monoisotopic (exact) mass is 452 g/mol. The van der Waals surface area contributed by atoms with Gasteiger partial charge in [0.25, 0.3) is 0 Å². The summed E-state index contributed by atoms with van der Waals surface area (Å²) in [6.07, 6.45) is 2.04. The molecule has 0 fully saturated rings. The van der Waals surface area contributed by atoms with E-state index in [1.165, 1.54) is 0 Å². The predicted octanol–water partition coefficient (Wildman–Crippen LogP) is 5.45. The number of hydrogen-bond donors (Lipinski definition) is 0. The third kappa shape index (κ3) is 5.30. The van der Waals surface area contributed by atoms with Crippen LogP contribution in [0.15, 0.2) is 42.6 Å². The number of esters is 1. The Hall–Kier alpha value is -3.30. The summed E-state index contributed by atoms with van der Waals surface area (Å²) < 4.78 is 12.7. The maximum absolute atomic E-state index is 12.7. The van der Waals surface area contributed by atoms with Crippen molar-refractivity contribution in [3.63, 3.8) is 0 Å². The van der Waals surface area contributed by atoms with Crippen LogP contribution in [0.25, 0.3) is 10.9 Å². The summed E-state index contributed by atoms with van der Waals surface area (Å²) >= 11 is 6.20. The van der Waals surface area contributed by atoms with Crippen molar-refractivity contribution >= 4 is 34.3 Å². The molecule has 0 atom stereocenters. The van der Waals surface area contributed by atoms with E-state index in [0.29, 0.717) is 29.3 Å². The molecule has 0 aliphatic heterocycles. The first-order chi connectivity index (χ1) is 15.3. The smallest absolute Gasteiger partial charge is 0.344 e. The molecule has 0 bridgehead atoms. The molecular formula is C25H25ClN2O4. The first-order valence-corrected chi connectivity index (χ1v) is 10.8. The molecule has 0 radical (unpaired) electrons. The van der Waals surface area contributed by atoms with Crippen molar-refractivity contribution in [2.75, 3.05) is 13.2 Å². The van der Waals surface area contributed by atoms with Gasteiger partial charge < -0.3 is 14.0 Å². The number of carbonyl (C=O) groups excluding carboxylic acids is 2. The van der Waals surface area contributed by atoms with Gasteiger partial charge in [-0.05, 0) is 42.2 Å². The van der Waals surface area contributed by atoms with Gasteiger partial charge in [-0.2, -0.15) is 5.26 Å². The summed E-state index contributed by atoms with van der Waals surface area (Å²) in [7, 11) is 0. The van der Waals surface area contributed by atoms with Gasteiger partial charge in [0.2, 0.25) is 5.78 Å². The van der Waals surface area contributed by atoms with Crippen LogP contribution in [0.3, 0.4) is 0 Å². The quantitative estimate of drug-likeness (QED) is 0.318. The molecule has 0 aliphatic carbocycles. The Morgan fingerprint density at radius 1 is 1.19 bits per heavy atom. The summed E-state index contributed by atoms with van der Waals surface area (Å²) in [5.74, 6) is -0.200. The second-order valence-electron chi connectivity index (χ2n) is 7.83. The fraction of sp³-hybridized carbons (Fsp3) is 0.320. The van der Waals surface area contributed by atoms with Gasteiger partial charge in [0.05, 0.1) is 12.5 Å². The minimum absolute atomic E-state index is 0.166. The fourth-order valence-electron chi connectivity index (χ4n) is 3.47. The molecule has 0 amide bonds. The van der Waals surface area contributed by atoms with Crippen molar-refractivity contribution in [1.82, 2.24) is 4.57 Å². The Balaban J connectivity index is 1.64. The van der Waals surface area contributed by atoms with Gasteiger partial charge in [0.1, 0.15) is 5.75 Å². The van der Waals surface area contributed by atoms with Gasteiger partial charge in [-0.25, -0.2) is 4.79 Å². The largest absolute Gasteiger partial charge is 0.482 e. The minimum Gasteiger partial charge on any atom is -0.482 e. The van der Waals surface area contributed by atoms with Crippen molar-refractivity contribution in [2.45, 2.75) is 39.7 Å². The Morgan fingerprint density at radius 3 is 2.66 bits per heavy atom. The number of nitrogens with zero attached hydrogens (tertiary/aromatic N) is 2. The van der Waals surface area contributed by atoms with E-state index >= 15 is 0 Å². The lowest BCUT2D eigenvalue weighted by molar-refractivity contribution is -0.144. The van der Waals surface area contributed by atoms with Gasteiger partial charge in [0, 0.05) is 34.2 Å². The van der Waals surface area contributed by atoms with E-state index in [4.69, 9.17) is 26.3 Å². The van der Waals surface area contributed by atoms with Crippen molar-refractivity contribution in [1.29, 1.82) is 5.26 Å². The molecule has 166 valence electrons. The summed E-state index contributed by atoms with van der Waals surface area (Å²) in [5.41, 5.74) is 3.07. The molecule has 0 unspecified atom stereocenters. The van der Waals surface area contributed by atoms with Crippen LogP contribution in [0.4, 0.5) is 0 Å². The van der Waals surface area contributed by atoms with Crippen LogP contribution >= 0.6 is 11.6 Å². The van der Waals surface area contributed by atoms with Crippen LogP contribution in [0, 0.1) is 18.3 Å².